The van der Waals surface area contributed by atoms with Gasteiger partial charge in [0.1, 0.15) is 11.6 Å². The lowest BCUT2D eigenvalue weighted by Crippen LogP contribution is -2.30. The first-order valence-corrected chi connectivity index (χ1v) is 11.7. The lowest BCUT2D eigenvalue weighted by molar-refractivity contribution is -0.116. The van der Waals surface area contributed by atoms with E-state index in [2.05, 4.69) is 15.0 Å². The topological polar surface area (TPSA) is 96.9 Å². The van der Waals surface area contributed by atoms with Gasteiger partial charge in [0.25, 0.3) is 10.0 Å². The van der Waals surface area contributed by atoms with Crippen molar-refractivity contribution < 1.29 is 17.9 Å². The fourth-order valence-corrected chi connectivity index (χ4v) is 4.21. The van der Waals surface area contributed by atoms with Crippen LogP contribution in [0.15, 0.2) is 64.5 Å². The van der Waals surface area contributed by atoms with Crippen LogP contribution < -0.4 is 14.8 Å². The third kappa shape index (κ3) is 6.88. The first-order valence-electron chi connectivity index (χ1n) is 10.2. The lowest BCUT2D eigenvalue weighted by atomic mass is 10.2. The highest BCUT2D eigenvalue weighted by Crippen LogP contribution is 2.17. The molecule has 160 valence electrons. The largest absolute Gasteiger partial charge is 0.494 e. The monoisotopic (exact) mass is 429 g/mol. The Balaban J connectivity index is 1.51. The molecular weight excluding hydrogens is 402 g/mol. The van der Waals surface area contributed by atoms with Crippen LogP contribution in [-0.4, -0.2) is 33.3 Å². The number of sulfonamides is 1. The minimum atomic E-state index is -3.74. The third-order valence-electron chi connectivity index (χ3n) is 4.61. The minimum Gasteiger partial charge on any atom is -0.494 e. The number of benzene rings is 2. The van der Waals surface area contributed by atoms with E-state index in [4.69, 9.17) is 4.74 Å². The van der Waals surface area contributed by atoms with Crippen molar-refractivity contribution in [3.05, 3.63) is 54.6 Å². The Labute approximate surface area is 177 Å². The van der Waals surface area contributed by atoms with Gasteiger partial charge in [0, 0.05) is 25.1 Å². The van der Waals surface area contributed by atoms with E-state index >= 15 is 0 Å². The molecule has 0 spiro atoms. The molecule has 0 saturated carbocycles. The van der Waals surface area contributed by atoms with Gasteiger partial charge in [0.05, 0.1) is 11.5 Å². The number of para-hydroxylation sites is 1. The number of amides is 1. The fraction of sp³-hybridized carbons (Fsp3) is 0.364. The molecule has 2 aromatic rings. The number of anilines is 1. The number of carbonyl (C=O) groups excluding carboxylic acids is 1. The second-order valence-corrected chi connectivity index (χ2v) is 8.77. The molecule has 3 rings (SSSR count). The summed E-state index contributed by atoms with van der Waals surface area (Å²) in [6, 6.07) is 15.6. The Kier molecular flexibility index (Phi) is 7.84. The smallest absolute Gasteiger partial charge is 0.262 e. The minimum absolute atomic E-state index is 0.0969. The molecule has 0 fully saturated rings. The Hall–Kier alpha value is -2.87. The van der Waals surface area contributed by atoms with E-state index < -0.39 is 10.0 Å². The molecule has 1 aliphatic rings. The van der Waals surface area contributed by atoms with Crippen molar-refractivity contribution in [2.45, 2.75) is 43.4 Å². The van der Waals surface area contributed by atoms with Gasteiger partial charge in [-0.1, -0.05) is 30.7 Å². The van der Waals surface area contributed by atoms with Crippen molar-refractivity contribution in [2.75, 3.05) is 18.5 Å². The predicted molar refractivity (Wildman–Crippen MR) is 117 cm³/mol. The van der Waals surface area contributed by atoms with Crippen molar-refractivity contribution in [1.82, 2.24) is 4.72 Å². The van der Waals surface area contributed by atoms with Gasteiger partial charge in [-0.3, -0.25) is 14.5 Å². The van der Waals surface area contributed by atoms with Crippen LogP contribution in [0.4, 0.5) is 5.69 Å². The van der Waals surface area contributed by atoms with Crippen LogP contribution in [0.25, 0.3) is 0 Å². The molecule has 1 aliphatic heterocycles. The number of carbonyl (C=O) groups is 1. The highest BCUT2D eigenvalue weighted by Gasteiger charge is 2.18. The zero-order valence-electron chi connectivity index (χ0n) is 16.8. The lowest BCUT2D eigenvalue weighted by Gasteiger charge is -2.11. The number of aliphatic imine (C=N–C) groups is 1. The van der Waals surface area contributed by atoms with E-state index in [0.717, 1.165) is 25.0 Å². The van der Waals surface area contributed by atoms with E-state index in [1.165, 1.54) is 12.1 Å². The van der Waals surface area contributed by atoms with Crippen LogP contribution in [0, 0.1) is 0 Å². The summed E-state index contributed by atoms with van der Waals surface area (Å²) in [4.78, 5) is 16.6. The van der Waals surface area contributed by atoms with Gasteiger partial charge in [-0.2, -0.15) is 0 Å². The SMILES string of the molecule is O=C(CCCOc1ccccc1)Nc1cccc(S(=O)(=O)NC2=NCCCCC2)c1. The van der Waals surface area contributed by atoms with E-state index in [9.17, 15) is 13.2 Å². The van der Waals surface area contributed by atoms with Crippen LogP contribution in [0.1, 0.15) is 38.5 Å². The van der Waals surface area contributed by atoms with Crippen molar-refractivity contribution in [2.24, 2.45) is 4.99 Å². The summed E-state index contributed by atoms with van der Waals surface area (Å²) in [5.41, 5.74) is 0.439. The molecule has 0 bridgehead atoms. The van der Waals surface area contributed by atoms with Crippen LogP contribution in [0.2, 0.25) is 0 Å². The number of amidine groups is 1. The normalized spacial score (nSPS) is 14.3. The number of hydrogen-bond donors (Lipinski definition) is 2. The maximum Gasteiger partial charge on any atom is 0.262 e. The summed E-state index contributed by atoms with van der Waals surface area (Å²) in [6.45, 7) is 1.07. The second kappa shape index (κ2) is 10.8. The van der Waals surface area contributed by atoms with Crippen LogP contribution in [-0.2, 0) is 14.8 Å². The molecule has 8 heteroatoms. The van der Waals surface area contributed by atoms with Gasteiger partial charge < -0.3 is 10.1 Å². The van der Waals surface area contributed by atoms with E-state index in [-0.39, 0.29) is 17.2 Å². The quantitative estimate of drug-likeness (QED) is 0.625. The first kappa shape index (κ1) is 21.8. The van der Waals surface area contributed by atoms with E-state index in [1.807, 2.05) is 30.3 Å². The number of nitrogens with zero attached hydrogens (tertiary/aromatic N) is 1. The maximum absolute atomic E-state index is 12.7. The summed E-state index contributed by atoms with van der Waals surface area (Å²) in [5, 5.41) is 2.75. The van der Waals surface area contributed by atoms with Crippen molar-refractivity contribution in [3.8, 4) is 5.75 Å². The molecular formula is C22H27N3O4S. The van der Waals surface area contributed by atoms with Crippen LogP contribution in [0.5, 0.6) is 5.75 Å². The average molecular weight is 430 g/mol. The molecule has 2 N–H and O–H groups in total. The molecule has 0 unspecified atom stereocenters. The molecule has 0 atom stereocenters. The van der Waals surface area contributed by atoms with Crippen LogP contribution in [0.3, 0.4) is 0 Å². The molecule has 0 saturated heterocycles. The predicted octanol–water partition coefficient (Wildman–Crippen LogP) is 3.74. The van der Waals surface area contributed by atoms with Crippen molar-refractivity contribution in [1.29, 1.82) is 0 Å². The molecule has 7 nitrogen and oxygen atoms in total. The zero-order valence-corrected chi connectivity index (χ0v) is 17.7. The maximum atomic E-state index is 12.7. The summed E-state index contributed by atoms with van der Waals surface area (Å²) in [5.74, 6) is 1.07. The van der Waals surface area contributed by atoms with Crippen molar-refractivity contribution in [3.63, 3.8) is 0 Å². The highest BCUT2D eigenvalue weighted by atomic mass is 32.2. The number of nitrogens with one attached hydrogen (secondary N) is 2. The molecule has 0 aromatic heterocycles. The zero-order chi connectivity index (χ0) is 21.2. The van der Waals surface area contributed by atoms with Gasteiger partial charge >= 0.3 is 0 Å². The molecule has 0 radical (unpaired) electrons. The first-order chi connectivity index (χ1) is 14.5. The van der Waals surface area contributed by atoms with Crippen molar-refractivity contribution >= 4 is 27.5 Å². The molecule has 1 amide bonds. The Morgan fingerprint density at radius 2 is 1.87 bits per heavy atom. The summed E-state index contributed by atoms with van der Waals surface area (Å²) in [6.07, 6.45) is 4.40. The van der Waals surface area contributed by atoms with Gasteiger partial charge in [-0.05, 0) is 49.6 Å². The van der Waals surface area contributed by atoms with Gasteiger partial charge in [-0.15, -0.1) is 0 Å². The molecule has 2 aromatic carbocycles. The third-order valence-corrected chi connectivity index (χ3v) is 5.99. The van der Waals surface area contributed by atoms with Gasteiger partial charge in [-0.25, -0.2) is 8.42 Å². The van der Waals surface area contributed by atoms with E-state index in [1.54, 1.807) is 12.1 Å². The standard InChI is InChI=1S/C22H27N3O4S/c26-22(14-8-16-29-19-10-3-1-4-11-19)24-18-9-7-12-20(17-18)30(27,28)25-21-13-5-2-6-15-23-21/h1,3-4,7,9-12,17H,2,5-6,8,13-16H2,(H,23,25)(H,24,26). The highest BCUT2D eigenvalue weighted by molar-refractivity contribution is 7.90. The average Bonchev–Trinajstić information content (AvgIpc) is 3.00. The fourth-order valence-electron chi connectivity index (χ4n) is 3.08. The molecule has 30 heavy (non-hydrogen) atoms. The van der Waals surface area contributed by atoms with E-state index in [0.29, 0.717) is 37.5 Å². The number of rotatable bonds is 8. The summed E-state index contributed by atoms with van der Waals surface area (Å²) >= 11 is 0. The Morgan fingerprint density at radius 1 is 1.03 bits per heavy atom. The Morgan fingerprint density at radius 3 is 2.70 bits per heavy atom. The van der Waals surface area contributed by atoms with Gasteiger partial charge in [0.15, 0.2) is 0 Å². The second-order valence-electron chi connectivity index (χ2n) is 7.09. The van der Waals surface area contributed by atoms with Gasteiger partial charge in [0.2, 0.25) is 5.91 Å². The molecule has 1 heterocycles. The Bertz CT molecular complexity index is 975. The summed E-state index contributed by atoms with van der Waals surface area (Å²) < 4.78 is 33.5. The summed E-state index contributed by atoms with van der Waals surface area (Å²) in [7, 11) is -3.74. The number of ether oxygens (including phenoxy) is 1. The van der Waals surface area contributed by atoms with Crippen LogP contribution >= 0.6 is 0 Å². The molecule has 0 aliphatic carbocycles. The number of hydrogen-bond acceptors (Lipinski definition) is 5.